The first-order valence-corrected chi connectivity index (χ1v) is 11.2. The Morgan fingerprint density at radius 3 is 2.23 bits per heavy atom. The molecular formula is C22H20N2O6S. The van der Waals surface area contributed by atoms with Crippen LogP contribution in [0.1, 0.15) is 33.6 Å². The number of sulfonamides is 1. The van der Waals surface area contributed by atoms with Gasteiger partial charge in [-0.3, -0.25) is 4.79 Å². The van der Waals surface area contributed by atoms with E-state index in [1.54, 1.807) is 30.5 Å². The third-order valence-electron chi connectivity index (χ3n) is 5.05. The molecule has 1 fully saturated rings. The van der Waals surface area contributed by atoms with Gasteiger partial charge in [-0.15, -0.1) is 0 Å². The number of aromatic nitrogens is 1. The van der Waals surface area contributed by atoms with E-state index >= 15 is 0 Å². The molecule has 0 N–H and O–H groups in total. The summed E-state index contributed by atoms with van der Waals surface area (Å²) >= 11 is 0. The molecule has 2 heterocycles. The van der Waals surface area contributed by atoms with Gasteiger partial charge in [0.05, 0.1) is 16.7 Å². The predicted octanol–water partition coefficient (Wildman–Crippen LogP) is 3.17. The Labute approximate surface area is 179 Å². The fourth-order valence-electron chi connectivity index (χ4n) is 3.32. The highest BCUT2D eigenvalue weighted by atomic mass is 32.2. The van der Waals surface area contributed by atoms with Crippen LogP contribution in [-0.4, -0.2) is 49.2 Å². The van der Waals surface area contributed by atoms with Gasteiger partial charge in [0.15, 0.2) is 24.5 Å². The van der Waals surface area contributed by atoms with Crippen LogP contribution < -0.4 is 0 Å². The molecule has 0 unspecified atom stereocenters. The normalized spacial score (nSPS) is 14.5. The lowest BCUT2D eigenvalue weighted by Crippen LogP contribution is -2.27. The van der Waals surface area contributed by atoms with Gasteiger partial charge in [-0.2, -0.15) is 4.31 Å². The molecule has 2 aromatic carbocycles. The van der Waals surface area contributed by atoms with E-state index in [9.17, 15) is 18.0 Å². The SMILES string of the molecule is O=C(COC(=O)c1ccc(-c2cnco2)cc1)c1ccc(S(=O)(=O)N2CCCC2)cc1. The van der Waals surface area contributed by atoms with Gasteiger partial charge in [0, 0.05) is 24.2 Å². The minimum absolute atomic E-state index is 0.148. The highest BCUT2D eigenvalue weighted by Crippen LogP contribution is 2.22. The fraction of sp³-hybridized carbons (Fsp3) is 0.227. The lowest BCUT2D eigenvalue weighted by atomic mass is 10.1. The summed E-state index contributed by atoms with van der Waals surface area (Å²) in [6, 6.07) is 12.2. The van der Waals surface area contributed by atoms with Gasteiger partial charge in [-0.05, 0) is 49.2 Å². The molecule has 0 bridgehead atoms. The number of carbonyl (C=O) groups excluding carboxylic acids is 2. The van der Waals surface area contributed by atoms with Crippen molar-refractivity contribution in [2.24, 2.45) is 0 Å². The smallest absolute Gasteiger partial charge is 0.338 e. The Morgan fingerprint density at radius 1 is 0.968 bits per heavy atom. The van der Waals surface area contributed by atoms with E-state index in [1.165, 1.54) is 35.0 Å². The molecule has 1 aliphatic rings. The molecular weight excluding hydrogens is 420 g/mol. The van der Waals surface area contributed by atoms with Crippen molar-refractivity contribution >= 4 is 21.8 Å². The average Bonchev–Trinajstić information content (AvgIpc) is 3.52. The van der Waals surface area contributed by atoms with E-state index in [0.717, 1.165) is 18.4 Å². The van der Waals surface area contributed by atoms with E-state index < -0.39 is 28.4 Å². The number of ketones is 1. The van der Waals surface area contributed by atoms with Gasteiger partial charge >= 0.3 is 5.97 Å². The van der Waals surface area contributed by atoms with Gasteiger partial charge in [0.2, 0.25) is 10.0 Å². The number of hydrogen-bond donors (Lipinski definition) is 0. The van der Waals surface area contributed by atoms with Crippen LogP contribution in [0.25, 0.3) is 11.3 Å². The molecule has 0 aliphatic carbocycles. The first-order chi connectivity index (χ1) is 14.9. The molecule has 0 atom stereocenters. The molecule has 0 spiro atoms. The zero-order valence-corrected chi connectivity index (χ0v) is 17.4. The standard InChI is InChI=1S/C22H20N2O6S/c25-20(16-7-9-19(10-8-16)31(27,28)24-11-1-2-12-24)14-29-22(26)18-5-3-17(4-6-18)21-13-23-15-30-21/h3-10,13,15H,1-2,11-12,14H2. The first kappa shape index (κ1) is 21.0. The molecule has 3 aromatic rings. The van der Waals surface area contributed by atoms with Crippen LogP contribution in [0.15, 0.2) is 70.4 Å². The summed E-state index contributed by atoms with van der Waals surface area (Å²) in [5.74, 6) is -0.479. The van der Waals surface area contributed by atoms with Crippen molar-refractivity contribution in [3.05, 3.63) is 72.2 Å². The lowest BCUT2D eigenvalue weighted by molar-refractivity contribution is 0.0475. The average molecular weight is 440 g/mol. The predicted molar refractivity (Wildman–Crippen MR) is 111 cm³/mol. The number of hydrogen-bond acceptors (Lipinski definition) is 7. The van der Waals surface area contributed by atoms with E-state index in [1.807, 2.05) is 0 Å². The molecule has 1 aromatic heterocycles. The number of esters is 1. The maximum Gasteiger partial charge on any atom is 0.338 e. The Balaban J connectivity index is 1.35. The third kappa shape index (κ3) is 4.57. The summed E-state index contributed by atoms with van der Waals surface area (Å²) in [5, 5.41) is 0. The number of nitrogens with zero attached hydrogens (tertiary/aromatic N) is 2. The highest BCUT2D eigenvalue weighted by molar-refractivity contribution is 7.89. The molecule has 1 aliphatic heterocycles. The number of benzene rings is 2. The summed E-state index contributed by atoms with van der Waals surface area (Å²) < 4.78 is 36.8. The highest BCUT2D eigenvalue weighted by Gasteiger charge is 2.27. The van der Waals surface area contributed by atoms with Crippen molar-refractivity contribution in [3.8, 4) is 11.3 Å². The number of oxazole rings is 1. The van der Waals surface area contributed by atoms with Crippen LogP contribution in [0.5, 0.6) is 0 Å². The van der Waals surface area contributed by atoms with Crippen molar-refractivity contribution < 1.29 is 27.2 Å². The number of Topliss-reactive ketones (excluding diaryl/α,β-unsaturated/α-hetero) is 1. The minimum atomic E-state index is -3.54. The van der Waals surface area contributed by atoms with Crippen LogP contribution >= 0.6 is 0 Å². The maximum atomic E-state index is 12.5. The van der Waals surface area contributed by atoms with Crippen LogP contribution in [-0.2, 0) is 14.8 Å². The van der Waals surface area contributed by atoms with Crippen LogP contribution in [0.3, 0.4) is 0 Å². The second kappa shape index (κ2) is 8.83. The van der Waals surface area contributed by atoms with Crippen molar-refractivity contribution in [1.29, 1.82) is 0 Å². The second-order valence-electron chi connectivity index (χ2n) is 7.08. The molecule has 1 saturated heterocycles. The van der Waals surface area contributed by atoms with Crippen molar-refractivity contribution in [1.82, 2.24) is 9.29 Å². The zero-order valence-electron chi connectivity index (χ0n) is 16.6. The van der Waals surface area contributed by atoms with Gasteiger partial charge < -0.3 is 9.15 Å². The summed E-state index contributed by atoms with van der Waals surface area (Å²) in [7, 11) is -3.54. The van der Waals surface area contributed by atoms with E-state index in [0.29, 0.717) is 24.4 Å². The third-order valence-corrected chi connectivity index (χ3v) is 6.96. The number of ether oxygens (including phenoxy) is 1. The van der Waals surface area contributed by atoms with Crippen LogP contribution in [0.4, 0.5) is 0 Å². The Hall–Kier alpha value is -3.30. The van der Waals surface area contributed by atoms with Crippen molar-refractivity contribution in [2.75, 3.05) is 19.7 Å². The van der Waals surface area contributed by atoms with E-state index in [-0.39, 0.29) is 10.5 Å². The Bertz CT molecular complexity index is 1160. The van der Waals surface area contributed by atoms with Gasteiger partial charge in [-0.1, -0.05) is 12.1 Å². The largest absolute Gasteiger partial charge is 0.454 e. The molecule has 0 saturated carbocycles. The molecule has 4 rings (SSSR count). The van der Waals surface area contributed by atoms with Crippen molar-refractivity contribution in [2.45, 2.75) is 17.7 Å². The van der Waals surface area contributed by atoms with Gasteiger partial charge in [0.1, 0.15) is 0 Å². The number of rotatable bonds is 7. The van der Waals surface area contributed by atoms with Gasteiger partial charge in [0.25, 0.3) is 0 Å². The Kier molecular flexibility index (Phi) is 5.97. The summed E-state index contributed by atoms with van der Waals surface area (Å²) in [6.07, 6.45) is 4.58. The monoisotopic (exact) mass is 440 g/mol. The Morgan fingerprint density at radius 2 is 1.61 bits per heavy atom. The topological polar surface area (TPSA) is 107 Å². The molecule has 8 nitrogen and oxygen atoms in total. The molecule has 9 heteroatoms. The lowest BCUT2D eigenvalue weighted by Gasteiger charge is -2.15. The van der Waals surface area contributed by atoms with Crippen molar-refractivity contribution in [3.63, 3.8) is 0 Å². The molecule has 0 amide bonds. The molecule has 31 heavy (non-hydrogen) atoms. The van der Waals surface area contributed by atoms with Crippen LogP contribution in [0.2, 0.25) is 0 Å². The molecule has 0 radical (unpaired) electrons. The summed E-state index contributed by atoms with van der Waals surface area (Å²) in [6.45, 7) is 0.581. The van der Waals surface area contributed by atoms with Gasteiger partial charge in [-0.25, -0.2) is 18.2 Å². The number of carbonyl (C=O) groups is 2. The molecule has 160 valence electrons. The minimum Gasteiger partial charge on any atom is -0.454 e. The quantitative estimate of drug-likeness (QED) is 0.410. The van der Waals surface area contributed by atoms with E-state index in [2.05, 4.69) is 4.98 Å². The maximum absolute atomic E-state index is 12.5. The summed E-state index contributed by atoms with van der Waals surface area (Å²) in [5.41, 5.74) is 1.33. The van der Waals surface area contributed by atoms with Crippen LogP contribution in [0, 0.1) is 0 Å². The fourth-order valence-corrected chi connectivity index (χ4v) is 4.83. The first-order valence-electron chi connectivity index (χ1n) is 9.74. The summed E-state index contributed by atoms with van der Waals surface area (Å²) in [4.78, 5) is 28.6. The second-order valence-corrected chi connectivity index (χ2v) is 9.02. The zero-order chi connectivity index (χ0) is 21.8. The van der Waals surface area contributed by atoms with E-state index in [4.69, 9.17) is 9.15 Å².